The summed E-state index contributed by atoms with van der Waals surface area (Å²) in [5, 5.41) is 3.03. The number of fused-ring (bicyclic) bond motifs is 1. The second kappa shape index (κ2) is 5.12. The molecule has 0 bridgehead atoms. The van der Waals surface area contributed by atoms with Gasteiger partial charge in [0, 0.05) is 26.6 Å². The lowest BCUT2D eigenvalue weighted by Gasteiger charge is -2.22. The number of thiophene rings is 1. The molecule has 2 heteroatoms. The van der Waals surface area contributed by atoms with Crippen molar-refractivity contribution in [3.63, 3.8) is 0 Å². The predicted molar refractivity (Wildman–Crippen MR) is 90.4 cm³/mol. The van der Waals surface area contributed by atoms with Crippen LogP contribution in [0.2, 0.25) is 0 Å². The van der Waals surface area contributed by atoms with Crippen molar-refractivity contribution in [2.75, 3.05) is 0 Å². The van der Waals surface area contributed by atoms with Gasteiger partial charge in [0.15, 0.2) is 5.78 Å². The van der Waals surface area contributed by atoms with E-state index < -0.39 is 0 Å². The minimum atomic E-state index is -0.0436. The summed E-state index contributed by atoms with van der Waals surface area (Å²) in [5.41, 5.74) is 2.68. The number of hydrogen-bond donors (Lipinski definition) is 0. The molecule has 0 aliphatic carbocycles. The van der Waals surface area contributed by atoms with Crippen molar-refractivity contribution in [1.29, 1.82) is 0 Å². The first-order valence-corrected chi connectivity index (χ1v) is 7.97. The predicted octanol–water partition coefficient (Wildman–Crippen LogP) is 5.43. The highest BCUT2D eigenvalue weighted by Crippen LogP contribution is 2.31. The Bertz CT molecular complexity index is 806. The van der Waals surface area contributed by atoms with Crippen molar-refractivity contribution in [1.82, 2.24) is 0 Å². The van der Waals surface area contributed by atoms with Gasteiger partial charge in [0.2, 0.25) is 0 Å². The molecule has 1 aromatic heterocycles. The van der Waals surface area contributed by atoms with Gasteiger partial charge in [-0.2, -0.15) is 0 Å². The summed E-state index contributed by atoms with van der Waals surface area (Å²) in [4.78, 5) is 13.0. The van der Waals surface area contributed by atoms with Crippen molar-refractivity contribution in [3.8, 4) is 0 Å². The molecule has 0 atom stereocenters. The van der Waals surface area contributed by atoms with E-state index in [0.717, 1.165) is 26.8 Å². The highest BCUT2D eigenvalue weighted by Gasteiger charge is 2.23. The van der Waals surface area contributed by atoms with E-state index in [9.17, 15) is 4.79 Å². The van der Waals surface area contributed by atoms with Crippen LogP contribution in [0.4, 0.5) is 0 Å². The SMILES string of the molecule is CC(C)(C)c1ccccc1C(=O)c1csc2ccccc12. The first-order chi connectivity index (χ1) is 9.98. The van der Waals surface area contributed by atoms with Gasteiger partial charge in [-0.05, 0) is 17.0 Å². The van der Waals surface area contributed by atoms with Crippen LogP contribution < -0.4 is 0 Å². The number of ketones is 1. The summed E-state index contributed by atoms with van der Waals surface area (Å²) in [7, 11) is 0. The standard InChI is InChI=1S/C19H18OS/c1-19(2,3)16-10-6-4-9-14(16)18(20)15-12-21-17-11-7-5-8-13(15)17/h4-12H,1-3H3. The fourth-order valence-electron chi connectivity index (χ4n) is 2.63. The van der Waals surface area contributed by atoms with Gasteiger partial charge in [0.25, 0.3) is 0 Å². The maximum atomic E-state index is 13.0. The van der Waals surface area contributed by atoms with E-state index in [2.05, 4.69) is 32.9 Å². The smallest absolute Gasteiger partial charge is 0.194 e. The van der Waals surface area contributed by atoms with Gasteiger partial charge in [-0.1, -0.05) is 63.2 Å². The number of benzene rings is 2. The summed E-state index contributed by atoms with van der Waals surface area (Å²) >= 11 is 1.63. The van der Waals surface area contributed by atoms with Crippen molar-refractivity contribution in [2.45, 2.75) is 26.2 Å². The van der Waals surface area contributed by atoms with E-state index in [-0.39, 0.29) is 11.2 Å². The Morgan fingerprint density at radius 1 is 0.905 bits per heavy atom. The lowest BCUT2D eigenvalue weighted by molar-refractivity contribution is 0.103. The number of hydrogen-bond acceptors (Lipinski definition) is 2. The second-order valence-corrected chi connectivity index (χ2v) is 7.18. The van der Waals surface area contributed by atoms with Crippen LogP contribution in [0.25, 0.3) is 10.1 Å². The number of carbonyl (C=O) groups is 1. The van der Waals surface area contributed by atoms with Crippen LogP contribution >= 0.6 is 11.3 Å². The van der Waals surface area contributed by atoms with Crippen LogP contribution in [0.3, 0.4) is 0 Å². The monoisotopic (exact) mass is 294 g/mol. The van der Waals surface area contributed by atoms with Crippen LogP contribution in [0.1, 0.15) is 42.3 Å². The molecule has 0 saturated heterocycles. The average molecular weight is 294 g/mol. The minimum absolute atomic E-state index is 0.0436. The topological polar surface area (TPSA) is 17.1 Å². The molecular formula is C19H18OS. The fourth-order valence-corrected chi connectivity index (χ4v) is 3.57. The summed E-state index contributed by atoms with van der Waals surface area (Å²) in [6, 6.07) is 16.0. The third-order valence-corrected chi connectivity index (χ3v) is 4.67. The molecule has 0 radical (unpaired) electrons. The Balaban J connectivity index is 2.16. The number of carbonyl (C=O) groups excluding carboxylic acids is 1. The first-order valence-electron chi connectivity index (χ1n) is 7.09. The fraction of sp³-hybridized carbons (Fsp3) is 0.211. The van der Waals surface area contributed by atoms with Crippen molar-refractivity contribution < 1.29 is 4.79 Å². The zero-order chi connectivity index (χ0) is 15.0. The van der Waals surface area contributed by atoms with Crippen LogP contribution in [-0.4, -0.2) is 5.78 Å². The molecule has 3 rings (SSSR count). The number of rotatable bonds is 2. The van der Waals surface area contributed by atoms with Crippen LogP contribution in [0.5, 0.6) is 0 Å². The third kappa shape index (κ3) is 2.52. The van der Waals surface area contributed by atoms with Gasteiger partial charge >= 0.3 is 0 Å². The molecule has 0 spiro atoms. The van der Waals surface area contributed by atoms with Crippen molar-refractivity contribution in [3.05, 3.63) is 70.6 Å². The summed E-state index contributed by atoms with van der Waals surface area (Å²) in [5.74, 6) is 0.123. The van der Waals surface area contributed by atoms with Gasteiger partial charge in [0.05, 0.1) is 0 Å². The zero-order valence-corrected chi connectivity index (χ0v) is 13.3. The van der Waals surface area contributed by atoms with E-state index in [4.69, 9.17) is 0 Å². The van der Waals surface area contributed by atoms with Gasteiger partial charge in [0.1, 0.15) is 0 Å². The van der Waals surface area contributed by atoms with Crippen molar-refractivity contribution in [2.24, 2.45) is 0 Å². The van der Waals surface area contributed by atoms with E-state index in [1.807, 2.05) is 41.8 Å². The van der Waals surface area contributed by atoms with E-state index in [0.29, 0.717) is 0 Å². The molecule has 3 aromatic rings. The molecule has 0 fully saturated rings. The van der Waals surface area contributed by atoms with Gasteiger partial charge in [-0.25, -0.2) is 0 Å². The highest BCUT2D eigenvalue weighted by atomic mass is 32.1. The lowest BCUT2D eigenvalue weighted by Crippen LogP contribution is -2.17. The molecule has 106 valence electrons. The normalized spacial score (nSPS) is 11.8. The molecule has 0 unspecified atom stereocenters. The maximum Gasteiger partial charge on any atom is 0.194 e. The molecule has 2 aromatic carbocycles. The quantitative estimate of drug-likeness (QED) is 0.576. The molecule has 0 amide bonds. The van der Waals surface area contributed by atoms with Gasteiger partial charge in [-0.15, -0.1) is 11.3 Å². The van der Waals surface area contributed by atoms with Crippen LogP contribution in [0.15, 0.2) is 53.9 Å². The Morgan fingerprint density at radius 2 is 1.57 bits per heavy atom. The lowest BCUT2D eigenvalue weighted by atomic mass is 9.82. The van der Waals surface area contributed by atoms with Crippen molar-refractivity contribution >= 4 is 27.2 Å². The molecule has 0 saturated carbocycles. The molecule has 0 aliphatic heterocycles. The first kappa shape index (κ1) is 14.0. The molecule has 21 heavy (non-hydrogen) atoms. The Morgan fingerprint density at radius 3 is 2.33 bits per heavy atom. The third-order valence-electron chi connectivity index (χ3n) is 3.71. The Labute approximate surface area is 129 Å². The molecule has 1 heterocycles. The highest BCUT2D eigenvalue weighted by molar-refractivity contribution is 7.17. The second-order valence-electron chi connectivity index (χ2n) is 6.27. The van der Waals surface area contributed by atoms with Crippen LogP contribution in [0, 0.1) is 0 Å². The summed E-state index contributed by atoms with van der Waals surface area (Å²) in [6.45, 7) is 6.43. The molecular weight excluding hydrogens is 276 g/mol. The Hall–Kier alpha value is -1.93. The zero-order valence-electron chi connectivity index (χ0n) is 12.5. The largest absolute Gasteiger partial charge is 0.289 e. The Kier molecular flexibility index (Phi) is 3.42. The maximum absolute atomic E-state index is 13.0. The van der Waals surface area contributed by atoms with Crippen LogP contribution in [-0.2, 0) is 5.41 Å². The average Bonchev–Trinajstić information content (AvgIpc) is 2.89. The summed E-state index contributed by atoms with van der Waals surface area (Å²) < 4.78 is 1.16. The van der Waals surface area contributed by atoms with E-state index in [1.54, 1.807) is 11.3 Å². The minimum Gasteiger partial charge on any atom is -0.289 e. The van der Waals surface area contributed by atoms with E-state index >= 15 is 0 Å². The molecule has 0 aliphatic rings. The molecule has 1 nitrogen and oxygen atoms in total. The van der Waals surface area contributed by atoms with E-state index in [1.165, 1.54) is 0 Å². The van der Waals surface area contributed by atoms with Gasteiger partial charge in [-0.3, -0.25) is 4.79 Å². The summed E-state index contributed by atoms with van der Waals surface area (Å²) in [6.07, 6.45) is 0. The van der Waals surface area contributed by atoms with Gasteiger partial charge < -0.3 is 0 Å². The molecule has 0 N–H and O–H groups in total.